The van der Waals surface area contributed by atoms with Crippen LogP contribution in [0.1, 0.15) is 33.1 Å². The number of amides is 1. The molecule has 240 valence electrons. The summed E-state index contributed by atoms with van der Waals surface area (Å²) in [5.74, 6) is -1.42. The molecule has 0 aromatic heterocycles. The van der Waals surface area contributed by atoms with E-state index in [0.29, 0.717) is 19.4 Å². The summed E-state index contributed by atoms with van der Waals surface area (Å²) in [4.78, 5) is 12.5. The maximum atomic E-state index is 12.5. The lowest BCUT2D eigenvalue weighted by atomic mass is 9.82. The van der Waals surface area contributed by atoms with Crippen molar-refractivity contribution in [2.45, 2.75) is 112 Å². The molecule has 0 bridgehead atoms. The van der Waals surface area contributed by atoms with Crippen molar-refractivity contribution in [3.63, 3.8) is 0 Å². The van der Waals surface area contributed by atoms with E-state index in [9.17, 15) is 30.3 Å². The van der Waals surface area contributed by atoms with Gasteiger partial charge >= 0.3 is 0 Å². The second-order valence-electron chi connectivity index (χ2n) is 11.6. The van der Waals surface area contributed by atoms with Gasteiger partial charge in [0, 0.05) is 31.6 Å². The summed E-state index contributed by atoms with van der Waals surface area (Å²) in [6.45, 7) is 2.86. The first-order valence-corrected chi connectivity index (χ1v) is 14.1. The van der Waals surface area contributed by atoms with Crippen molar-refractivity contribution in [3.05, 3.63) is 0 Å². The predicted octanol–water partition coefficient (Wildman–Crippen LogP) is -5.47. The largest absolute Gasteiger partial charge is 0.394 e. The maximum Gasteiger partial charge on any atom is 0.250 e. The van der Waals surface area contributed by atoms with E-state index in [4.69, 9.17) is 41.3 Å². The molecule has 6 unspecified atom stereocenters. The van der Waals surface area contributed by atoms with Crippen molar-refractivity contribution in [1.29, 1.82) is 0 Å². The Hall–Kier alpha value is -1.09. The van der Waals surface area contributed by atoms with Crippen molar-refractivity contribution in [3.8, 4) is 0 Å². The molecule has 41 heavy (non-hydrogen) atoms. The third-order valence-electron chi connectivity index (χ3n) is 8.23. The fraction of sp³-hybridized carbons (Fsp3) is 0.960. The van der Waals surface area contributed by atoms with Crippen LogP contribution in [0.3, 0.4) is 0 Å². The van der Waals surface area contributed by atoms with Crippen LogP contribution in [-0.4, -0.2) is 148 Å². The highest BCUT2D eigenvalue weighted by Crippen LogP contribution is 2.34. The monoisotopic (exact) mass is 595 g/mol. The second kappa shape index (κ2) is 15.1. The molecule has 1 saturated carbocycles. The molecule has 16 nitrogen and oxygen atoms in total. The summed E-state index contributed by atoms with van der Waals surface area (Å²) >= 11 is 0. The Labute approximate surface area is 239 Å². The Morgan fingerprint density at radius 1 is 1.10 bits per heavy atom. The topological polar surface area (TPSA) is 277 Å². The van der Waals surface area contributed by atoms with Crippen molar-refractivity contribution >= 4 is 5.91 Å². The van der Waals surface area contributed by atoms with Crippen LogP contribution in [-0.2, 0) is 23.7 Å². The van der Waals surface area contributed by atoms with Crippen LogP contribution in [0.5, 0.6) is 0 Å². The highest BCUT2D eigenvalue weighted by atomic mass is 16.7. The zero-order chi connectivity index (χ0) is 30.5. The number of nitrogens with one attached hydrogen (secondary N) is 2. The van der Waals surface area contributed by atoms with Gasteiger partial charge in [-0.3, -0.25) is 4.79 Å². The first-order chi connectivity index (χ1) is 19.3. The van der Waals surface area contributed by atoms with E-state index in [2.05, 4.69) is 10.6 Å². The van der Waals surface area contributed by atoms with Crippen molar-refractivity contribution in [2.75, 3.05) is 32.8 Å². The Balaban J connectivity index is 1.73. The quantitative estimate of drug-likeness (QED) is 0.100. The van der Waals surface area contributed by atoms with Gasteiger partial charge in [-0.25, -0.2) is 0 Å². The summed E-state index contributed by atoms with van der Waals surface area (Å²) < 4.78 is 23.8. The van der Waals surface area contributed by atoms with Crippen molar-refractivity contribution in [1.82, 2.24) is 10.6 Å². The summed E-state index contributed by atoms with van der Waals surface area (Å²) in [5, 5.41) is 66.8. The second-order valence-corrected chi connectivity index (χ2v) is 11.6. The van der Waals surface area contributed by atoms with E-state index in [1.165, 1.54) is 6.92 Å². The fourth-order valence-corrected chi connectivity index (χ4v) is 5.27. The minimum atomic E-state index is -1.50. The minimum Gasteiger partial charge on any atom is -0.394 e. The first-order valence-electron chi connectivity index (χ1n) is 14.1. The van der Waals surface area contributed by atoms with Crippen LogP contribution in [0.4, 0.5) is 0 Å². The number of nitrogens with two attached hydrogens (primary N) is 3. The normalized spacial score (nSPS) is 43.3. The average molecular weight is 596 g/mol. The smallest absolute Gasteiger partial charge is 0.250 e. The van der Waals surface area contributed by atoms with E-state index in [1.807, 2.05) is 0 Å². The number of carbonyl (C=O) groups excluding carboxylic acids is 1. The third kappa shape index (κ3) is 8.73. The van der Waals surface area contributed by atoms with Gasteiger partial charge in [0.15, 0.2) is 12.6 Å². The molecule has 1 aliphatic carbocycles. The molecule has 3 fully saturated rings. The van der Waals surface area contributed by atoms with Crippen LogP contribution in [0.25, 0.3) is 0 Å². The lowest BCUT2D eigenvalue weighted by molar-refractivity contribution is -0.314. The van der Waals surface area contributed by atoms with Crippen LogP contribution in [0.2, 0.25) is 0 Å². The maximum absolute atomic E-state index is 12.5. The Morgan fingerprint density at radius 2 is 1.78 bits per heavy atom. The summed E-state index contributed by atoms with van der Waals surface area (Å²) in [7, 11) is 0. The minimum absolute atomic E-state index is 0.0531. The molecule has 2 saturated heterocycles. The van der Waals surface area contributed by atoms with E-state index in [-0.39, 0.29) is 38.8 Å². The van der Waals surface area contributed by atoms with E-state index in [1.54, 1.807) is 6.92 Å². The molecule has 14 N–H and O–H groups in total. The zero-order valence-corrected chi connectivity index (χ0v) is 23.6. The number of rotatable bonds is 12. The SMILES string of the molecule is C[C@@H]1C(O)[C@@H](OC2C(O)C(O[C@H]3O[C@H](CNC[C@H](O)CO)CCC3N)[C@@H](N)C[C@H]2NC(=O)[C@@H](O)CN)OCC1(C)O. The molecule has 2 aliphatic heterocycles. The lowest BCUT2D eigenvalue weighted by Gasteiger charge is -2.48. The van der Waals surface area contributed by atoms with Crippen molar-refractivity contribution in [2.24, 2.45) is 23.1 Å². The van der Waals surface area contributed by atoms with Gasteiger partial charge in [0.2, 0.25) is 5.91 Å². The zero-order valence-electron chi connectivity index (χ0n) is 23.6. The lowest BCUT2D eigenvalue weighted by Crippen LogP contribution is -2.68. The van der Waals surface area contributed by atoms with E-state index < -0.39 is 84.8 Å². The van der Waals surface area contributed by atoms with Crippen LogP contribution in [0.15, 0.2) is 0 Å². The third-order valence-corrected chi connectivity index (χ3v) is 8.23. The predicted molar refractivity (Wildman–Crippen MR) is 143 cm³/mol. The molecular weight excluding hydrogens is 546 g/mol. The molecule has 1 amide bonds. The van der Waals surface area contributed by atoms with Crippen LogP contribution >= 0.6 is 0 Å². The molecule has 3 rings (SSSR count). The Bertz CT molecular complexity index is 829. The number of hydrogen-bond acceptors (Lipinski definition) is 15. The van der Waals surface area contributed by atoms with E-state index >= 15 is 0 Å². The number of aliphatic hydroxyl groups excluding tert-OH is 5. The molecular formula is C25H49N5O11. The average Bonchev–Trinajstić information content (AvgIpc) is 2.93. The standard InChI is InChI=1S/C25H49N5O11/c1-11-18(34)24(38-10-25(11,2)37)41-21-16(30-22(36)17(33)6-26)5-15(28)20(19(21)35)40-23-14(27)4-3-13(39-23)8-29-7-12(32)9-31/h11-21,23-24,29,31-35,37H,3-10,26-28H2,1-2H3,(H,30,36)/t11-,12+,13+,14?,15+,16-,17+,18?,19?,20?,21?,23-,24-,25?/m1/s1. The molecule has 2 heterocycles. The molecule has 3 aliphatic rings. The van der Waals surface area contributed by atoms with Crippen LogP contribution in [0, 0.1) is 5.92 Å². The molecule has 0 radical (unpaired) electrons. The van der Waals surface area contributed by atoms with Gasteiger partial charge in [0.25, 0.3) is 0 Å². The first kappa shape index (κ1) is 34.4. The number of ether oxygens (including phenoxy) is 4. The van der Waals surface area contributed by atoms with Gasteiger partial charge in [-0.1, -0.05) is 6.92 Å². The highest BCUT2D eigenvalue weighted by molar-refractivity contribution is 5.81. The highest BCUT2D eigenvalue weighted by Gasteiger charge is 2.51. The fourth-order valence-electron chi connectivity index (χ4n) is 5.27. The van der Waals surface area contributed by atoms with Crippen molar-refractivity contribution < 1.29 is 54.4 Å². The number of carbonyl (C=O) groups is 1. The van der Waals surface area contributed by atoms with Gasteiger partial charge < -0.3 is 77.4 Å². The molecule has 0 aromatic carbocycles. The summed E-state index contributed by atoms with van der Waals surface area (Å²) in [6.07, 6.45) is -8.69. The molecule has 14 atom stereocenters. The van der Waals surface area contributed by atoms with E-state index in [0.717, 1.165) is 0 Å². The van der Waals surface area contributed by atoms with Gasteiger partial charge in [0.1, 0.15) is 30.5 Å². The number of hydrogen-bond donors (Lipinski definition) is 11. The van der Waals surface area contributed by atoms with Crippen LogP contribution < -0.4 is 27.8 Å². The molecule has 0 spiro atoms. The number of aliphatic hydroxyl groups is 6. The van der Waals surface area contributed by atoms with Gasteiger partial charge in [-0.15, -0.1) is 0 Å². The summed E-state index contributed by atoms with van der Waals surface area (Å²) in [5.41, 5.74) is 16.8. The molecule has 16 heteroatoms. The summed E-state index contributed by atoms with van der Waals surface area (Å²) in [6, 6.07) is -2.27. The Morgan fingerprint density at radius 3 is 2.44 bits per heavy atom. The molecule has 0 aromatic rings. The van der Waals surface area contributed by atoms with Gasteiger partial charge in [-0.05, 0) is 26.2 Å². The van der Waals surface area contributed by atoms with Gasteiger partial charge in [-0.2, -0.15) is 0 Å². The Kier molecular flexibility index (Phi) is 12.6. The van der Waals surface area contributed by atoms with Gasteiger partial charge in [0.05, 0.1) is 43.1 Å².